The van der Waals surface area contributed by atoms with E-state index < -0.39 is 4.92 Å². The van der Waals surface area contributed by atoms with Crippen molar-refractivity contribution in [2.45, 2.75) is 13.5 Å². The lowest BCUT2D eigenvalue weighted by Gasteiger charge is -2.21. The Morgan fingerprint density at radius 3 is 2.59 bits per heavy atom. The van der Waals surface area contributed by atoms with Gasteiger partial charge in [0, 0.05) is 35.8 Å². The number of amides is 1. The molecule has 0 aromatic heterocycles. The summed E-state index contributed by atoms with van der Waals surface area (Å²) in [4.78, 5) is 24.4. The van der Waals surface area contributed by atoms with Crippen molar-refractivity contribution in [1.82, 2.24) is 4.90 Å². The van der Waals surface area contributed by atoms with E-state index in [1.165, 1.54) is 18.2 Å². The summed E-state index contributed by atoms with van der Waals surface area (Å²) >= 11 is 5.95. The second-order valence-corrected chi connectivity index (χ2v) is 5.19. The summed E-state index contributed by atoms with van der Waals surface area (Å²) in [6.45, 7) is 2.76. The number of nitro benzene ring substituents is 1. The maximum atomic E-state index is 12.5. The highest BCUT2D eigenvalue weighted by Gasteiger charge is 2.17. The van der Waals surface area contributed by atoms with Gasteiger partial charge in [0.1, 0.15) is 0 Å². The van der Waals surface area contributed by atoms with Gasteiger partial charge in [-0.15, -0.1) is 0 Å². The van der Waals surface area contributed by atoms with Crippen molar-refractivity contribution in [1.29, 1.82) is 0 Å². The molecular weight excluding hydrogens is 304 g/mol. The molecule has 2 aromatic rings. The van der Waals surface area contributed by atoms with Gasteiger partial charge in [-0.3, -0.25) is 14.9 Å². The Morgan fingerprint density at radius 2 is 1.95 bits per heavy atom. The Kier molecular flexibility index (Phi) is 5.12. The number of hydrogen-bond donors (Lipinski definition) is 0. The van der Waals surface area contributed by atoms with Crippen molar-refractivity contribution in [2.75, 3.05) is 6.54 Å². The van der Waals surface area contributed by atoms with Gasteiger partial charge in [-0.1, -0.05) is 29.8 Å². The molecule has 0 aliphatic carbocycles. The second kappa shape index (κ2) is 7.04. The first-order valence-electron chi connectivity index (χ1n) is 6.79. The number of rotatable bonds is 5. The molecule has 0 unspecified atom stereocenters. The fourth-order valence-electron chi connectivity index (χ4n) is 2.12. The molecule has 0 spiro atoms. The monoisotopic (exact) mass is 318 g/mol. The Balaban J connectivity index is 2.21. The van der Waals surface area contributed by atoms with Crippen LogP contribution in [0.3, 0.4) is 0 Å². The SMILES string of the molecule is CCN(Cc1cccc(Cl)c1)C(=O)c1cccc([N+](=O)[O-])c1. The highest BCUT2D eigenvalue weighted by Crippen LogP contribution is 2.17. The minimum absolute atomic E-state index is 0.0929. The van der Waals surface area contributed by atoms with Crippen LogP contribution in [-0.4, -0.2) is 22.3 Å². The molecule has 0 aliphatic heterocycles. The van der Waals surface area contributed by atoms with Crippen LogP contribution in [-0.2, 0) is 6.54 Å². The van der Waals surface area contributed by atoms with Crippen LogP contribution in [0.2, 0.25) is 5.02 Å². The highest BCUT2D eigenvalue weighted by molar-refractivity contribution is 6.30. The van der Waals surface area contributed by atoms with Crippen molar-refractivity contribution in [3.8, 4) is 0 Å². The molecule has 2 aromatic carbocycles. The van der Waals surface area contributed by atoms with Gasteiger partial charge in [-0.25, -0.2) is 0 Å². The van der Waals surface area contributed by atoms with Crippen LogP contribution in [0.4, 0.5) is 5.69 Å². The van der Waals surface area contributed by atoms with Crippen LogP contribution < -0.4 is 0 Å². The lowest BCUT2D eigenvalue weighted by molar-refractivity contribution is -0.384. The Bertz CT molecular complexity index is 703. The maximum Gasteiger partial charge on any atom is 0.270 e. The van der Waals surface area contributed by atoms with Crippen molar-refractivity contribution in [3.63, 3.8) is 0 Å². The summed E-state index contributed by atoms with van der Waals surface area (Å²) in [6, 6.07) is 13.0. The molecule has 22 heavy (non-hydrogen) atoms. The van der Waals surface area contributed by atoms with Crippen LogP contribution in [0.1, 0.15) is 22.8 Å². The number of benzene rings is 2. The molecular formula is C16H15ClN2O3. The maximum absolute atomic E-state index is 12.5. The van der Waals surface area contributed by atoms with E-state index in [4.69, 9.17) is 11.6 Å². The van der Waals surface area contributed by atoms with E-state index in [-0.39, 0.29) is 11.6 Å². The standard InChI is InChI=1S/C16H15ClN2O3/c1-2-18(11-12-5-3-7-14(17)9-12)16(20)13-6-4-8-15(10-13)19(21)22/h3-10H,2,11H2,1H3. The quantitative estimate of drug-likeness (QED) is 0.620. The van der Waals surface area contributed by atoms with E-state index in [9.17, 15) is 14.9 Å². The summed E-state index contributed by atoms with van der Waals surface area (Å²) in [5.74, 6) is -0.244. The first kappa shape index (κ1) is 16.0. The molecule has 0 saturated heterocycles. The third kappa shape index (κ3) is 3.83. The molecule has 1 amide bonds. The summed E-state index contributed by atoms with van der Waals surface area (Å²) in [5, 5.41) is 11.4. The second-order valence-electron chi connectivity index (χ2n) is 4.76. The Morgan fingerprint density at radius 1 is 1.23 bits per heavy atom. The fraction of sp³-hybridized carbons (Fsp3) is 0.188. The molecule has 0 radical (unpaired) electrons. The number of carbonyl (C=O) groups excluding carboxylic acids is 1. The van der Waals surface area contributed by atoms with Crippen LogP contribution in [0.5, 0.6) is 0 Å². The average molecular weight is 319 g/mol. The molecule has 0 heterocycles. The predicted octanol–water partition coefficient (Wildman–Crippen LogP) is 3.91. The van der Waals surface area contributed by atoms with Gasteiger partial charge in [0.15, 0.2) is 0 Å². The van der Waals surface area contributed by atoms with Crippen molar-refractivity contribution in [3.05, 3.63) is 74.8 Å². The van der Waals surface area contributed by atoms with E-state index in [1.54, 1.807) is 23.1 Å². The third-order valence-electron chi connectivity index (χ3n) is 3.24. The fourth-order valence-corrected chi connectivity index (χ4v) is 2.33. The van der Waals surface area contributed by atoms with Crippen LogP contribution >= 0.6 is 11.6 Å². The number of non-ortho nitro benzene ring substituents is 1. The van der Waals surface area contributed by atoms with Gasteiger partial charge in [0.2, 0.25) is 0 Å². The number of carbonyl (C=O) groups is 1. The molecule has 114 valence electrons. The number of halogens is 1. The molecule has 2 rings (SSSR count). The van der Waals surface area contributed by atoms with E-state index in [0.717, 1.165) is 5.56 Å². The number of nitrogens with zero attached hydrogens (tertiary/aromatic N) is 2. The third-order valence-corrected chi connectivity index (χ3v) is 3.47. The van der Waals surface area contributed by atoms with E-state index >= 15 is 0 Å². The van der Waals surface area contributed by atoms with E-state index in [0.29, 0.717) is 23.7 Å². The normalized spacial score (nSPS) is 10.3. The first-order valence-corrected chi connectivity index (χ1v) is 7.17. The molecule has 0 bridgehead atoms. The summed E-state index contributed by atoms with van der Waals surface area (Å²) < 4.78 is 0. The Hall–Kier alpha value is -2.40. The van der Waals surface area contributed by atoms with E-state index in [1.807, 2.05) is 19.1 Å². The smallest absolute Gasteiger partial charge is 0.270 e. The summed E-state index contributed by atoms with van der Waals surface area (Å²) in [7, 11) is 0. The molecule has 0 aliphatic rings. The Labute approximate surface area is 133 Å². The largest absolute Gasteiger partial charge is 0.335 e. The first-order chi connectivity index (χ1) is 10.5. The van der Waals surface area contributed by atoms with Crippen LogP contribution in [0.25, 0.3) is 0 Å². The zero-order chi connectivity index (χ0) is 16.1. The lowest BCUT2D eigenvalue weighted by atomic mass is 10.1. The van der Waals surface area contributed by atoms with Crippen LogP contribution in [0.15, 0.2) is 48.5 Å². The molecule has 0 saturated carbocycles. The summed E-state index contributed by atoms with van der Waals surface area (Å²) in [6.07, 6.45) is 0. The van der Waals surface area contributed by atoms with Gasteiger partial charge in [0.05, 0.1) is 4.92 Å². The van der Waals surface area contributed by atoms with Gasteiger partial charge < -0.3 is 4.90 Å². The van der Waals surface area contributed by atoms with Gasteiger partial charge in [-0.2, -0.15) is 0 Å². The zero-order valence-corrected chi connectivity index (χ0v) is 12.8. The van der Waals surface area contributed by atoms with Gasteiger partial charge in [-0.05, 0) is 30.7 Å². The van der Waals surface area contributed by atoms with Gasteiger partial charge >= 0.3 is 0 Å². The lowest BCUT2D eigenvalue weighted by Crippen LogP contribution is -2.30. The minimum Gasteiger partial charge on any atom is -0.335 e. The number of nitro groups is 1. The summed E-state index contributed by atoms with van der Waals surface area (Å²) in [5.41, 5.74) is 1.12. The topological polar surface area (TPSA) is 63.5 Å². The average Bonchev–Trinajstić information content (AvgIpc) is 2.52. The molecule has 0 fully saturated rings. The van der Waals surface area contributed by atoms with Crippen molar-refractivity contribution < 1.29 is 9.72 Å². The van der Waals surface area contributed by atoms with Crippen LogP contribution in [0, 0.1) is 10.1 Å². The van der Waals surface area contributed by atoms with Crippen molar-refractivity contribution >= 4 is 23.2 Å². The van der Waals surface area contributed by atoms with E-state index in [2.05, 4.69) is 0 Å². The molecule has 6 heteroatoms. The zero-order valence-electron chi connectivity index (χ0n) is 12.0. The minimum atomic E-state index is -0.510. The van der Waals surface area contributed by atoms with Crippen molar-refractivity contribution in [2.24, 2.45) is 0 Å². The highest BCUT2D eigenvalue weighted by atomic mass is 35.5. The molecule has 5 nitrogen and oxygen atoms in total. The number of hydrogen-bond acceptors (Lipinski definition) is 3. The predicted molar refractivity (Wildman–Crippen MR) is 85.0 cm³/mol. The van der Waals surface area contributed by atoms with Gasteiger partial charge in [0.25, 0.3) is 11.6 Å². The molecule has 0 N–H and O–H groups in total. The molecule has 0 atom stereocenters.